The van der Waals surface area contributed by atoms with Crippen molar-refractivity contribution in [2.75, 3.05) is 33.3 Å². The molecule has 0 aliphatic carbocycles. The topological polar surface area (TPSA) is 70.1 Å². The third kappa shape index (κ3) is 4.83. The summed E-state index contributed by atoms with van der Waals surface area (Å²) in [6.07, 6.45) is 0. The van der Waals surface area contributed by atoms with Crippen LogP contribution < -0.4 is 4.74 Å². The number of ether oxygens (including phenoxy) is 1. The first-order valence-corrected chi connectivity index (χ1v) is 11.1. The van der Waals surface area contributed by atoms with Crippen LogP contribution >= 0.6 is 15.9 Å². The van der Waals surface area contributed by atoms with Gasteiger partial charge in [0.25, 0.3) is 11.7 Å². The number of rotatable bonds is 8. The number of carbonyl (C=O) groups is 2. The molecule has 6 nitrogen and oxygen atoms in total. The van der Waals surface area contributed by atoms with Crippen LogP contribution in [0.3, 0.4) is 0 Å². The minimum absolute atomic E-state index is 0.0934. The summed E-state index contributed by atoms with van der Waals surface area (Å²) in [5, 5.41) is 11.1. The van der Waals surface area contributed by atoms with Gasteiger partial charge in [-0.2, -0.15) is 0 Å². The highest BCUT2D eigenvalue weighted by atomic mass is 79.9. The Morgan fingerprint density at radius 3 is 2.48 bits per heavy atom. The van der Waals surface area contributed by atoms with E-state index in [9.17, 15) is 14.7 Å². The number of aliphatic hydroxyl groups excluding tert-OH is 1. The van der Waals surface area contributed by atoms with Gasteiger partial charge in [-0.05, 0) is 42.9 Å². The van der Waals surface area contributed by atoms with Gasteiger partial charge in [-0.3, -0.25) is 9.59 Å². The number of hydrogen-bond acceptors (Lipinski definition) is 5. The molecule has 7 heteroatoms. The van der Waals surface area contributed by atoms with Gasteiger partial charge >= 0.3 is 0 Å². The largest absolute Gasteiger partial charge is 0.507 e. The van der Waals surface area contributed by atoms with E-state index in [1.807, 2.05) is 24.3 Å². The van der Waals surface area contributed by atoms with Gasteiger partial charge in [-0.1, -0.05) is 54.0 Å². The summed E-state index contributed by atoms with van der Waals surface area (Å²) in [7, 11) is 1.53. The summed E-state index contributed by atoms with van der Waals surface area (Å²) in [6.45, 7) is 6.86. The molecule has 2 aromatic carbocycles. The molecule has 1 N–H and O–H groups in total. The maximum atomic E-state index is 13.1. The van der Waals surface area contributed by atoms with E-state index in [0.29, 0.717) is 24.4 Å². The third-order valence-corrected chi connectivity index (χ3v) is 6.09. The highest BCUT2D eigenvalue weighted by Gasteiger charge is 2.46. The number of halogens is 1. The van der Waals surface area contributed by atoms with Crippen LogP contribution in [0, 0.1) is 0 Å². The molecule has 1 amide bonds. The normalized spacial score (nSPS) is 18.1. The van der Waals surface area contributed by atoms with Crippen LogP contribution in [0.1, 0.15) is 31.0 Å². The van der Waals surface area contributed by atoms with Crippen molar-refractivity contribution in [3.63, 3.8) is 0 Å². The number of amides is 1. The van der Waals surface area contributed by atoms with Crippen molar-refractivity contribution in [1.82, 2.24) is 9.80 Å². The first-order valence-electron chi connectivity index (χ1n) is 10.3. The summed E-state index contributed by atoms with van der Waals surface area (Å²) in [6, 6.07) is 13.6. The van der Waals surface area contributed by atoms with E-state index in [4.69, 9.17) is 4.74 Å². The first-order chi connectivity index (χ1) is 14.9. The molecule has 31 heavy (non-hydrogen) atoms. The maximum absolute atomic E-state index is 13.1. The van der Waals surface area contributed by atoms with Gasteiger partial charge in [0.2, 0.25) is 0 Å². The molecular weight excluding hydrogens is 460 g/mol. The molecule has 3 rings (SSSR count). The second-order valence-electron chi connectivity index (χ2n) is 7.31. The lowest BCUT2D eigenvalue weighted by atomic mass is 9.95. The number of methoxy groups -OCH3 is 1. The molecule has 164 valence electrons. The van der Waals surface area contributed by atoms with Crippen LogP contribution in [-0.4, -0.2) is 59.9 Å². The second-order valence-corrected chi connectivity index (χ2v) is 8.22. The van der Waals surface area contributed by atoms with Crippen molar-refractivity contribution < 1.29 is 19.4 Å². The highest BCUT2D eigenvalue weighted by Crippen LogP contribution is 2.40. The van der Waals surface area contributed by atoms with Gasteiger partial charge in [-0.25, -0.2) is 0 Å². The van der Waals surface area contributed by atoms with Crippen molar-refractivity contribution in [1.29, 1.82) is 0 Å². The Morgan fingerprint density at radius 1 is 1.13 bits per heavy atom. The zero-order valence-corrected chi connectivity index (χ0v) is 19.6. The number of nitrogens with zero attached hydrogens (tertiary/aromatic N) is 2. The van der Waals surface area contributed by atoms with E-state index in [1.165, 1.54) is 7.11 Å². The standard InChI is InChI=1S/C24H27BrN2O4/c1-4-26(5-2)12-13-27-21(16-8-6-10-18(25)14-16)20(23(29)24(27)30)22(28)17-9-7-11-19(15-17)31-3/h6-11,14-15,21,28H,4-5,12-13H2,1-3H3/b22-20+. The zero-order chi connectivity index (χ0) is 22.5. The summed E-state index contributed by atoms with van der Waals surface area (Å²) in [5.41, 5.74) is 1.29. The first kappa shape index (κ1) is 23.0. The summed E-state index contributed by atoms with van der Waals surface area (Å²) < 4.78 is 6.08. The molecule has 0 bridgehead atoms. The number of likely N-dealkylation sites (tertiary alicyclic amines) is 1. The summed E-state index contributed by atoms with van der Waals surface area (Å²) >= 11 is 3.47. The van der Waals surface area contributed by atoms with Crippen molar-refractivity contribution in [2.45, 2.75) is 19.9 Å². The maximum Gasteiger partial charge on any atom is 0.295 e. The average molecular weight is 487 g/mol. The lowest BCUT2D eigenvalue weighted by molar-refractivity contribution is -0.140. The molecule has 1 aliphatic rings. The number of Topliss-reactive ketones (excluding diaryl/α,β-unsaturated/α-hetero) is 1. The summed E-state index contributed by atoms with van der Waals surface area (Å²) in [5.74, 6) is -0.919. The molecule has 1 atom stereocenters. The number of likely N-dealkylation sites (N-methyl/N-ethyl adjacent to an activating group) is 1. The van der Waals surface area contributed by atoms with Crippen LogP contribution in [0.4, 0.5) is 0 Å². The molecule has 1 unspecified atom stereocenters. The Morgan fingerprint density at radius 2 is 1.84 bits per heavy atom. The number of ketones is 1. The Kier molecular flexibility index (Phi) is 7.51. The number of aliphatic hydroxyl groups is 1. The molecule has 2 aromatic rings. The van der Waals surface area contributed by atoms with Gasteiger partial charge in [0.15, 0.2) is 0 Å². The SMILES string of the molecule is CCN(CC)CCN1C(=O)C(=O)/C(=C(/O)c2cccc(OC)c2)C1c1cccc(Br)c1. The quantitative estimate of drug-likeness (QED) is 0.343. The minimum atomic E-state index is -0.676. The summed E-state index contributed by atoms with van der Waals surface area (Å²) in [4.78, 5) is 29.8. The van der Waals surface area contributed by atoms with Crippen molar-refractivity contribution in [2.24, 2.45) is 0 Å². The molecule has 0 saturated carbocycles. The highest BCUT2D eigenvalue weighted by molar-refractivity contribution is 9.10. The number of benzene rings is 2. The van der Waals surface area contributed by atoms with E-state index in [0.717, 1.165) is 23.1 Å². The molecule has 1 saturated heterocycles. The molecule has 0 spiro atoms. The Hall–Kier alpha value is -2.64. The van der Waals surface area contributed by atoms with Gasteiger partial charge in [0.1, 0.15) is 11.5 Å². The van der Waals surface area contributed by atoms with E-state index >= 15 is 0 Å². The van der Waals surface area contributed by atoms with Crippen LogP contribution in [0.15, 0.2) is 58.6 Å². The van der Waals surface area contributed by atoms with E-state index in [2.05, 4.69) is 34.7 Å². The predicted octanol–water partition coefficient (Wildman–Crippen LogP) is 4.22. The van der Waals surface area contributed by atoms with Gasteiger partial charge in [0.05, 0.1) is 18.7 Å². The van der Waals surface area contributed by atoms with E-state index in [-0.39, 0.29) is 11.3 Å². The van der Waals surface area contributed by atoms with E-state index < -0.39 is 17.7 Å². The lowest BCUT2D eigenvalue weighted by Crippen LogP contribution is -2.38. The lowest BCUT2D eigenvalue weighted by Gasteiger charge is -2.28. The molecule has 0 radical (unpaired) electrons. The van der Waals surface area contributed by atoms with E-state index in [1.54, 1.807) is 29.2 Å². The zero-order valence-electron chi connectivity index (χ0n) is 18.0. The molecular formula is C24H27BrN2O4. The average Bonchev–Trinajstić information content (AvgIpc) is 3.04. The fourth-order valence-corrected chi connectivity index (χ4v) is 4.27. The fraction of sp³-hybridized carbons (Fsp3) is 0.333. The van der Waals surface area contributed by atoms with Crippen molar-refractivity contribution in [3.05, 3.63) is 69.7 Å². The van der Waals surface area contributed by atoms with Crippen LogP contribution in [-0.2, 0) is 9.59 Å². The minimum Gasteiger partial charge on any atom is -0.507 e. The Bertz CT molecular complexity index is 1000. The van der Waals surface area contributed by atoms with Gasteiger partial charge in [-0.15, -0.1) is 0 Å². The van der Waals surface area contributed by atoms with Crippen LogP contribution in [0.25, 0.3) is 5.76 Å². The number of carbonyl (C=O) groups excluding carboxylic acids is 2. The third-order valence-electron chi connectivity index (χ3n) is 5.60. The number of hydrogen-bond donors (Lipinski definition) is 1. The molecule has 1 fully saturated rings. The predicted molar refractivity (Wildman–Crippen MR) is 124 cm³/mol. The van der Waals surface area contributed by atoms with Crippen LogP contribution in [0.2, 0.25) is 0 Å². The molecule has 1 heterocycles. The monoisotopic (exact) mass is 486 g/mol. The molecule has 0 aromatic heterocycles. The van der Waals surface area contributed by atoms with Crippen molar-refractivity contribution in [3.8, 4) is 5.75 Å². The second kappa shape index (κ2) is 10.1. The smallest absolute Gasteiger partial charge is 0.295 e. The Balaban J connectivity index is 2.11. The van der Waals surface area contributed by atoms with Crippen molar-refractivity contribution >= 4 is 33.4 Å². The Labute approximate surface area is 191 Å². The molecule has 1 aliphatic heterocycles. The van der Waals surface area contributed by atoms with Gasteiger partial charge in [0, 0.05) is 23.1 Å². The fourth-order valence-electron chi connectivity index (χ4n) is 3.85. The van der Waals surface area contributed by atoms with Gasteiger partial charge < -0.3 is 19.6 Å². The van der Waals surface area contributed by atoms with Crippen LogP contribution in [0.5, 0.6) is 5.75 Å².